The van der Waals surface area contributed by atoms with Crippen molar-refractivity contribution >= 4 is 21.4 Å². The lowest BCUT2D eigenvalue weighted by molar-refractivity contribution is 0.594. The maximum atomic E-state index is 13.2. The molecule has 0 aliphatic carbocycles. The van der Waals surface area contributed by atoms with Gasteiger partial charge in [0.1, 0.15) is 5.82 Å². The lowest BCUT2D eigenvalue weighted by Gasteiger charge is -2.19. The quantitative estimate of drug-likeness (QED) is 0.943. The van der Waals surface area contributed by atoms with Gasteiger partial charge in [0.2, 0.25) is 0 Å². The molecule has 0 spiro atoms. The van der Waals surface area contributed by atoms with Crippen LogP contribution in [0.2, 0.25) is 0 Å². The normalized spacial score (nSPS) is 11.2. The summed E-state index contributed by atoms with van der Waals surface area (Å²) >= 11 is 0. The monoisotopic (exact) mass is 294 g/mol. The molecule has 4 nitrogen and oxygen atoms in total. The molecule has 0 aliphatic heterocycles. The highest BCUT2D eigenvalue weighted by atomic mass is 32.2. The van der Waals surface area contributed by atoms with Gasteiger partial charge in [-0.2, -0.15) is 0 Å². The fraction of sp³-hybridized carbons (Fsp3) is 0.143. The van der Waals surface area contributed by atoms with Crippen LogP contribution in [0.4, 0.5) is 15.8 Å². The van der Waals surface area contributed by atoms with Gasteiger partial charge in [0.15, 0.2) is 0 Å². The summed E-state index contributed by atoms with van der Waals surface area (Å²) in [5.74, 6) is -0.477. The fourth-order valence-electron chi connectivity index (χ4n) is 1.76. The van der Waals surface area contributed by atoms with E-state index in [4.69, 9.17) is 0 Å². The molecule has 0 radical (unpaired) electrons. The van der Waals surface area contributed by atoms with Crippen LogP contribution in [0, 0.1) is 5.82 Å². The lowest BCUT2D eigenvalue weighted by atomic mass is 10.3. The van der Waals surface area contributed by atoms with Gasteiger partial charge in [-0.05, 0) is 42.5 Å². The van der Waals surface area contributed by atoms with Crippen LogP contribution in [0.1, 0.15) is 0 Å². The minimum Gasteiger partial charge on any atom is -0.388 e. The first-order valence-electron chi connectivity index (χ1n) is 5.97. The van der Waals surface area contributed by atoms with E-state index in [1.807, 2.05) is 0 Å². The molecule has 0 fully saturated rings. The van der Waals surface area contributed by atoms with E-state index in [2.05, 4.69) is 5.32 Å². The topological polar surface area (TPSA) is 49.4 Å². The minimum absolute atomic E-state index is 0.156. The number of benzene rings is 2. The molecular formula is C14H15FN2O2S. The number of anilines is 2. The molecule has 6 heteroatoms. The predicted octanol–water partition coefficient (Wildman–Crippen LogP) is 2.69. The molecule has 2 rings (SSSR count). The largest absolute Gasteiger partial charge is 0.388 e. The van der Waals surface area contributed by atoms with E-state index in [9.17, 15) is 12.8 Å². The zero-order chi connectivity index (χ0) is 14.8. The number of nitrogens with one attached hydrogen (secondary N) is 1. The smallest absolute Gasteiger partial charge is 0.264 e. The Hall–Kier alpha value is -2.08. The Morgan fingerprint density at radius 3 is 2.30 bits per heavy atom. The van der Waals surface area contributed by atoms with Crippen LogP contribution in [0.3, 0.4) is 0 Å². The molecular weight excluding hydrogens is 279 g/mol. The first-order chi connectivity index (χ1) is 9.45. The van der Waals surface area contributed by atoms with Crippen LogP contribution < -0.4 is 9.62 Å². The SMILES string of the molecule is CNc1ccc(S(=O)(=O)N(C)c2cccc(F)c2)cc1. The van der Waals surface area contributed by atoms with Crippen molar-refractivity contribution in [1.29, 1.82) is 0 Å². The Balaban J connectivity index is 2.38. The van der Waals surface area contributed by atoms with Crippen molar-refractivity contribution in [2.24, 2.45) is 0 Å². The second kappa shape index (κ2) is 5.50. The van der Waals surface area contributed by atoms with E-state index < -0.39 is 15.8 Å². The van der Waals surface area contributed by atoms with Crippen molar-refractivity contribution in [3.8, 4) is 0 Å². The summed E-state index contributed by atoms with van der Waals surface area (Å²) < 4.78 is 39.1. The van der Waals surface area contributed by atoms with E-state index in [1.165, 1.54) is 37.4 Å². The standard InChI is InChI=1S/C14H15FN2O2S/c1-16-12-6-8-14(9-7-12)20(18,19)17(2)13-5-3-4-11(15)10-13/h3-10,16H,1-2H3. The van der Waals surface area contributed by atoms with Crippen LogP contribution in [0.25, 0.3) is 0 Å². The van der Waals surface area contributed by atoms with Gasteiger partial charge in [0, 0.05) is 19.8 Å². The molecule has 1 N–H and O–H groups in total. The third kappa shape index (κ3) is 2.75. The van der Waals surface area contributed by atoms with Crippen molar-refractivity contribution in [2.45, 2.75) is 4.90 Å². The summed E-state index contributed by atoms with van der Waals surface area (Å²) in [4.78, 5) is 0.156. The molecule has 0 aromatic heterocycles. The number of nitrogens with zero attached hydrogens (tertiary/aromatic N) is 1. The average Bonchev–Trinajstić information content (AvgIpc) is 2.46. The molecule has 0 atom stereocenters. The third-order valence-electron chi connectivity index (χ3n) is 2.97. The van der Waals surface area contributed by atoms with Crippen LogP contribution in [0.15, 0.2) is 53.4 Å². The molecule has 0 bridgehead atoms. The van der Waals surface area contributed by atoms with E-state index in [-0.39, 0.29) is 10.6 Å². The summed E-state index contributed by atoms with van der Waals surface area (Å²) in [6, 6.07) is 11.8. The molecule has 0 saturated carbocycles. The maximum absolute atomic E-state index is 13.2. The number of sulfonamides is 1. The highest BCUT2D eigenvalue weighted by Gasteiger charge is 2.21. The highest BCUT2D eigenvalue weighted by Crippen LogP contribution is 2.23. The van der Waals surface area contributed by atoms with Crippen molar-refractivity contribution in [2.75, 3.05) is 23.7 Å². The van der Waals surface area contributed by atoms with Crippen LogP contribution >= 0.6 is 0 Å². The number of halogens is 1. The predicted molar refractivity (Wildman–Crippen MR) is 78.0 cm³/mol. The Kier molecular flexibility index (Phi) is 3.94. The van der Waals surface area contributed by atoms with Gasteiger partial charge in [0.05, 0.1) is 10.6 Å². The summed E-state index contributed by atoms with van der Waals surface area (Å²) in [5, 5.41) is 2.92. The molecule has 0 heterocycles. The zero-order valence-electron chi connectivity index (χ0n) is 11.2. The molecule has 0 unspecified atom stereocenters. The van der Waals surface area contributed by atoms with Crippen LogP contribution in [0.5, 0.6) is 0 Å². The van der Waals surface area contributed by atoms with E-state index in [0.29, 0.717) is 0 Å². The summed E-state index contributed by atoms with van der Waals surface area (Å²) in [6.07, 6.45) is 0. The van der Waals surface area contributed by atoms with Gasteiger partial charge in [0.25, 0.3) is 10.0 Å². The van der Waals surface area contributed by atoms with Crippen molar-refractivity contribution in [1.82, 2.24) is 0 Å². The molecule has 2 aromatic rings. The Labute approximate surface area is 117 Å². The van der Waals surface area contributed by atoms with E-state index >= 15 is 0 Å². The van der Waals surface area contributed by atoms with Crippen LogP contribution in [-0.4, -0.2) is 22.5 Å². The number of hydrogen-bond acceptors (Lipinski definition) is 3. The first-order valence-corrected chi connectivity index (χ1v) is 7.41. The van der Waals surface area contributed by atoms with Crippen molar-refractivity contribution in [3.63, 3.8) is 0 Å². The van der Waals surface area contributed by atoms with Gasteiger partial charge in [-0.25, -0.2) is 12.8 Å². The van der Waals surface area contributed by atoms with Gasteiger partial charge in [-0.1, -0.05) is 6.07 Å². The fourth-order valence-corrected chi connectivity index (χ4v) is 2.95. The molecule has 0 saturated heterocycles. The van der Waals surface area contributed by atoms with Gasteiger partial charge >= 0.3 is 0 Å². The maximum Gasteiger partial charge on any atom is 0.264 e. The van der Waals surface area contributed by atoms with Gasteiger partial charge in [-0.3, -0.25) is 4.31 Å². The van der Waals surface area contributed by atoms with E-state index in [1.54, 1.807) is 25.2 Å². The lowest BCUT2D eigenvalue weighted by Crippen LogP contribution is -2.26. The zero-order valence-corrected chi connectivity index (χ0v) is 12.0. The number of hydrogen-bond donors (Lipinski definition) is 1. The Morgan fingerprint density at radius 2 is 1.75 bits per heavy atom. The summed E-state index contributed by atoms with van der Waals surface area (Å²) in [6.45, 7) is 0. The van der Waals surface area contributed by atoms with E-state index in [0.717, 1.165) is 9.99 Å². The molecule has 0 aliphatic rings. The van der Waals surface area contributed by atoms with Crippen molar-refractivity contribution < 1.29 is 12.8 Å². The third-order valence-corrected chi connectivity index (χ3v) is 4.77. The summed E-state index contributed by atoms with van der Waals surface area (Å²) in [7, 11) is -0.544. The average molecular weight is 294 g/mol. The second-order valence-corrected chi connectivity index (χ2v) is 6.20. The second-order valence-electron chi connectivity index (χ2n) is 4.23. The minimum atomic E-state index is -3.69. The van der Waals surface area contributed by atoms with Crippen LogP contribution in [-0.2, 0) is 10.0 Å². The Bertz CT molecular complexity index is 699. The van der Waals surface area contributed by atoms with Gasteiger partial charge in [-0.15, -0.1) is 0 Å². The Morgan fingerprint density at radius 1 is 1.10 bits per heavy atom. The summed E-state index contributed by atoms with van der Waals surface area (Å²) in [5.41, 5.74) is 1.10. The first kappa shape index (κ1) is 14.3. The molecule has 106 valence electrons. The molecule has 0 amide bonds. The van der Waals surface area contributed by atoms with Gasteiger partial charge < -0.3 is 5.32 Å². The van der Waals surface area contributed by atoms with Crippen molar-refractivity contribution in [3.05, 3.63) is 54.3 Å². The molecule has 20 heavy (non-hydrogen) atoms. The number of rotatable bonds is 4. The molecule has 2 aromatic carbocycles. The highest BCUT2D eigenvalue weighted by molar-refractivity contribution is 7.92.